The second kappa shape index (κ2) is 4.99. The molecule has 2 nitrogen and oxygen atoms in total. The minimum absolute atomic E-state index is 0.641. The van der Waals surface area contributed by atoms with E-state index in [1.165, 1.54) is 0 Å². The van der Waals surface area contributed by atoms with Gasteiger partial charge < -0.3 is 4.74 Å². The summed E-state index contributed by atoms with van der Waals surface area (Å²) in [5, 5.41) is 0.641. The third-order valence-corrected chi connectivity index (χ3v) is 2.38. The number of aromatic nitrogens is 1. The fourth-order valence-corrected chi connectivity index (χ4v) is 1.58. The molecule has 0 bridgehead atoms. The molecule has 0 saturated heterocycles. The lowest BCUT2D eigenvalue weighted by molar-refractivity contribution is 0.414. The molecule has 0 atom stereocenters. The van der Waals surface area contributed by atoms with Gasteiger partial charge in [0.15, 0.2) is 0 Å². The SMILES string of the molecule is COc1ccc([CH]c2cncc(Cl)c2)cc1. The van der Waals surface area contributed by atoms with E-state index in [-0.39, 0.29) is 0 Å². The Morgan fingerprint density at radius 3 is 2.50 bits per heavy atom. The van der Waals surface area contributed by atoms with Crippen LogP contribution >= 0.6 is 11.6 Å². The van der Waals surface area contributed by atoms with E-state index in [4.69, 9.17) is 16.3 Å². The van der Waals surface area contributed by atoms with Crippen LogP contribution in [0.15, 0.2) is 42.7 Å². The number of nitrogens with zero attached hydrogens (tertiary/aromatic N) is 1. The maximum Gasteiger partial charge on any atom is 0.118 e. The number of pyridine rings is 1. The first kappa shape index (κ1) is 11.0. The summed E-state index contributed by atoms with van der Waals surface area (Å²) in [5.41, 5.74) is 2.07. The van der Waals surface area contributed by atoms with Gasteiger partial charge in [0.2, 0.25) is 0 Å². The van der Waals surface area contributed by atoms with Crippen molar-refractivity contribution in [3.63, 3.8) is 0 Å². The Hall–Kier alpha value is -1.54. The van der Waals surface area contributed by atoms with E-state index in [1.54, 1.807) is 19.5 Å². The largest absolute Gasteiger partial charge is 0.497 e. The standard InChI is InChI=1S/C13H11ClNO/c1-16-13-4-2-10(3-5-13)6-11-7-12(14)9-15-8-11/h2-9H,1H3. The van der Waals surface area contributed by atoms with Gasteiger partial charge in [0.25, 0.3) is 0 Å². The Morgan fingerprint density at radius 1 is 1.12 bits per heavy atom. The molecule has 1 aromatic heterocycles. The molecule has 0 fully saturated rings. The topological polar surface area (TPSA) is 22.1 Å². The van der Waals surface area contributed by atoms with Crippen LogP contribution in [-0.2, 0) is 0 Å². The van der Waals surface area contributed by atoms with Crippen molar-refractivity contribution in [2.45, 2.75) is 0 Å². The Kier molecular flexibility index (Phi) is 3.42. The molecule has 3 heteroatoms. The lowest BCUT2D eigenvalue weighted by Crippen LogP contribution is -1.87. The highest BCUT2D eigenvalue weighted by atomic mass is 35.5. The molecule has 0 unspecified atom stereocenters. The number of halogens is 1. The highest BCUT2D eigenvalue weighted by Crippen LogP contribution is 2.17. The average Bonchev–Trinajstić information content (AvgIpc) is 2.30. The number of benzene rings is 1. The fraction of sp³-hybridized carbons (Fsp3) is 0.0769. The Bertz CT molecular complexity index is 468. The predicted octanol–water partition coefficient (Wildman–Crippen LogP) is 3.34. The van der Waals surface area contributed by atoms with E-state index in [1.807, 2.05) is 36.8 Å². The molecule has 2 rings (SSSR count). The van der Waals surface area contributed by atoms with Crippen molar-refractivity contribution in [2.75, 3.05) is 7.11 Å². The van der Waals surface area contributed by atoms with Crippen LogP contribution in [0.25, 0.3) is 0 Å². The molecule has 0 aliphatic rings. The molecule has 1 radical (unpaired) electrons. The van der Waals surface area contributed by atoms with Crippen molar-refractivity contribution >= 4 is 11.6 Å². The molecule has 2 aromatic rings. The maximum absolute atomic E-state index is 5.86. The molecule has 0 saturated carbocycles. The fourth-order valence-electron chi connectivity index (χ4n) is 1.40. The maximum atomic E-state index is 5.86. The zero-order chi connectivity index (χ0) is 11.4. The summed E-state index contributed by atoms with van der Waals surface area (Å²) in [6.45, 7) is 0. The summed E-state index contributed by atoms with van der Waals surface area (Å²) in [6, 6.07) is 9.69. The molecule has 1 aromatic carbocycles. The first-order chi connectivity index (χ1) is 7.78. The molecule has 0 N–H and O–H groups in total. The first-order valence-corrected chi connectivity index (χ1v) is 5.25. The number of rotatable bonds is 3. The summed E-state index contributed by atoms with van der Waals surface area (Å²) < 4.78 is 5.09. The number of hydrogen-bond acceptors (Lipinski definition) is 2. The van der Waals surface area contributed by atoms with Crippen molar-refractivity contribution in [2.24, 2.45) is 0 Å². The summed E-state index contributed by atoms with van der Waals surface area (Å²) in [4.78, 5) is 4.03. The highest BCUT2D eigenvalue weighted by Gasteiger charge is 1.99. The van der Waals surface area contributed by atoms with E-state index >= 15 is 0 Å². The van der Waals surface area contributed by atoms with Gasteiger partial charge in [0.05, 0.1) is 12.1 Å². The van der Waals surface area contributed by atoms with Crippen molar-refractivity contribution in [3.05, 3.63) is 65.3 Å². The van der Waals surface area contributed by atoms with Crippen LogP contribution in [0.3, 0.4) is 0 Å². The third-order valence-electron chi connectivity index (χ3n) is 2.18. The summed E-state index contributed by atoms with van der Waals surface area (Å²) in [7, 11) is 1.65. The molecule has 0 aliphatic carbocycles. The molecule has 1 heterocycles. The minimum Gasteiger partial charge on any atom is -0.497 e. The molecule has 16 heavy (non-hydrogen) atoms. The van der Waals surface area contributed by atoms with Crippen LogP contribution in [0.5, 0.6) is 5.75 Å². The highest BCUT2D eigenvalue weighted by molar-refractivity contribution is 6.30. The van der Waals surface area contributed by atoms with Crippen LogP contribution in [0.2, 0.25) is 5.02 Å². The van der Waals surface area contributed by atoms with Gasteiger partial charge in [-0.3, -0.25) is 4.98 Å². The molecule has 0 spiro atoms. The van der Waals surface area contributed by atoms with Crippen LogP contribution in [0.1, 0.15) is 11.1 Å². The molecular weight excluding hydrogens is 222 g/mol. The molecule has 0 amide bonds. The zero-order valence-corrected chi connectivity index (χ0v) is 9.61. The van der Waals surface area contributed by atoms with E-state index in [9.17, 15) is 0 Å². The van der Waals surface area contributed by atoms with Gasteiger partial charge in [0.1, 0.15) is 5.75 Å². The third kappa shape index (κ3) is 2.74. The number of ether oxygens (including phenoxy) is 1. The Balaban J connectivity index is 2.14. The Morgan fingerprint density at radius 2 is 1.88 bits per heavy atom. The Labute approximate surface area is 99.9 Å². The van der Waals surface area contributed by atoms with E-state index in [0.717, 1.165) is 16.9 Å². The van der Waals surface area contributed by atoms with E-state index in [0.29, 0.717) is 5.02 Å². The summed E-state index contributed by atoms with van der Waals surface area (Å²) in [5.74, 6) is 0.848. The van der Waals surface area contributed by atoms with Gasteiger partial charge in [-0.2, -0.15) is 0 Å². The van der Waals surface area contributed by atoms with Crippen LogP contribution in [0.4, 0.5) is 0 Å². The van der Waals surface area contributed by atoms with Crippen molar-refractivity contribution in [3.8, 4) is 5.75 Å². The quantitative estimate of drug-likeness (QED) is 0.810. The molecule has 0 aliphatic heterocycles. The number of hydrogen-bond donors (Lipinski definition) is 0. The summed E-state index contributed by atoms with van der Waals surface area (Å²) >= 11 is 5.86. The normalized spacial score (nSPS) is 10.1. The van der Waals surface area contributed by atoms with Crippen molar-refractivity contribution in [1.82, 2.24) is 4.98 Å². The predicted molar refractivity (Wildman–Crippen MR) is 64.7 cm³/mol. The second-order valence-electron chi connectivity index (χ2n) is 3.35. The van der Waals surface area contributed by atoms with Gasteiger partial charge in [-0.1, -0.05) is 23.7 Å². The van der Waals surface area contributed by atoms with Crippen molar-refractivity contribution < 1.29 is 4.74 Å². The average molecular weight is 233 g/mol. The first-order valence-electron chi connectivity index (χ1n) is 4.87. The van der Waals surface area contributed by atoms with Crippen molar-refractivity contribution in [1.29, 1.82) is 0 Å². The van der Waals surface area contributed by atoms with Gasteiger partial charge in [-0.05, 0) is 29.3 Å². The lowest BCUT2D eigenvalue weighted by Gasteiger charge is -2.03. The smallest absolute Gasteiger partial charge is 0.118 e. The van der Waals surface area contributed by atoms with E-state index < -0.39 is 0 Å². The van der Waals surface area contributed by atoms with Gasteiger partial charge >= 0.3 is 0 Å². The second-order valence-corrected chi connectivity index (χ2v) is 3.79. The summed E-state index contributed by atoms with van der Waals surface area (Å²) in [6.07, 6.45) is 5.40. The molecular formula is C13H11ClNO. The number of methoxy groups -OCH3 is 1. The van der Waals surface area contributed by atoms with Gasteiger partial charge in [0, 0.05) is 18.8 Å². The van der Waals surface area contributed by atoms with Crippen LogP contribution < -0.4 is 4.74 Å². The van der Waals surface area contributed by atoms with Crippen LogP contribution in [-0.4, -0.2) is 12.1 Å². The zero-order valence-electron chi connectivity index (χ0n) is 8.85. The van der Waals surface area contributed by atoms with Gasteiger partial charge in [-0.25, -0.2) is 0 Å². The monoisotopic (exact) mass is 232 g/mol. The minimum atomic E-state index is 0.641. The van der Waals surface area contributed by atoms with Gasteiger partial charge in [-0.15, -0.1) is 0 Å². The van der Waals surface area contributed by atoms with Crippen LogP contribution in [0, 0.1) is 6.42 Å². The molecule has 81 valence electrons. The van der Waals surface area contributed by atoms with E-state index in [2.05, 4.69) is 4.98 Å². The lowest BCUT2D eigenvalue weighted by atomic mass is 10.1.